The van der Waals surface area contributed by atoms with E-state index in [0.29, 0.717) is 0 Å². The molecule has 0 amide bonds. The van der Waals surface area contributed by atoms with Crippen molar-refractivity contribution < 1.29 is 4.74 Å². The van der Waals surface area contributed by atoms with E-state index in [2.05, 4.69) is 55.5 Å². The first-order chi connectivity index (χ1) is 8.73. The molecule has 2 aromatic rings. The highest BCUT2D eigenvalue weighted by molar-refractivity contribution is 5.84. The molecule has 0 aliphatic heterocycles. The first-order valence-electron chi connectivity index (χ1n) is 6.47. The summed E-state index contributed by atoms with van der Waals surface area (Å²) in [6.07, 6.45) is 1.09. The average molecular weight is 236 g/mol. The monoisotopic (exact) mass is 236 g/mol. The molecule has 1 atom stereocenters. The lowest BCUT2D eigenvalue weighted by molar-refractivity contribution is 0.0807. The second kappa shape index (κ2) is 3.04. The average Bonchev–Trinajstić information content (AvgIpc) is 2.96. The van der Waals surface area contributed by atoms with E-state index >= 15 is 0 Å². The van der Waals surface area contributed by atoms with Crippen LogP contribution in [-0.2, 0) is 10.2 Å². The van der Waals surface area contributed by atoms with Crippen LogP contribution in [0.4, 0.5) is 0 Å². The fourth-order valence-electron chi connectivity index (χ4n) is 3.79. The van der Waals surface area contributed by atoms with E-state index in [1.165, 1.54) is 22.3 Å². The van der Waals surface area contributed by atoms with E-state index in [1.54, 1.807) is 0 Å². The smallest absolute Gasteiger partial charge is 0.0801 e. The van der Waals surface area contributed by atoms with Crippen molar-refractivity contribution in [3.8, 4) is 11.1 Å². The first kappa shape index (κ1) is 10.3. The minimum atomic E-state index is -0.0459. The highest BCUT2D eigenvalue weighted by atomic mass is 16.5. The van der Waals surface area contributed by atoms with Gasteiger partial charge in [0.05, 0.1) is 11.0 Å². The maximum absolute atomic E-state index is 5.80. The molecule has 0 heterocycles. The zero-order valence-corrected chi connectivity index (χ0v) is 10.7. The summed E-state index contributed by atoms with van der Waals surface area (Å²) in [6.45, 7) is 2.23. The number of benzene rings is 2. The van der Waals surface area contributed by atoms with E-state index in [4.69, 9.17) is 4.74 Å². The number of ether oxygens (including phenoxy) is 1. The molecule has 18 heavy (non-hydrogen) atoms. The van der Waals surface area contributed by atoms with Gasteiger partial charge in [-0.05, 0) is 35.6 Å². The molecule has 2 aliphatic rings. The van der Waals surface area contributed by atoms with Crippen LogP contribution in [0.2, 0.25) is 0 Å². The molecule has 0 bridgehead atoms. The SMILES string of the molecule is CO[C@]1(C)CC12c1ccccc1-c1ccccc12. The summed E-state index contributed by atoms with van der Waals surface area (Å²) >= 11 is 0. The van der Waals surface area contributed by atoms with E-state index < -0.39 is 0 Å². The molecule has 2 aromatic carbocycles. The third kappa shape index (κ3) is 0.942. The summed E-state index contributed by atoms with van der Waals surface area (Å²) in [6, 6.07) is 17.5. The van der Waals surface area contributed by atoms with Crippen LogP contribution in [0.25, 0.3) is 11.1 Å². The number of methoxy groups -OCH3 is 1. The predicted molar refractivity (Wildman–Crippen MR) is 72.7 cm³/mol. The number of fused-ring (bicyclic) bond motifs is 5. The van der Waals surface area contributed by atoms with Crippen LogP contribution in [0.15, 0.2) is 48.5 Å². The van der Waals surface area contributed by atoms with Crippen LogP contribution in [0.5, 0.6) is 0 Å². The molecule has 0 saturated heterocycles. The Kier molecular flexibility index (Phi) is 1.75. The van der Waals surface area contributed by atoms with Gasteiger partial charge in [0.2, 0.25) is 0 Å². The van der Waals surface area contributed by atoms with Crippen molar-refractivity contribution in [2.75, 3.05) is 7.11 Å². The van der Waals surface area contributed by atoms with Gasteiger partial charge in [-0.15, -0.1) is 0 Å². The van der Waals surface area contributed by atoms with Gasteiger partial charge in [-0.25, -0.2) is 0 Å². The van der Waals surface area contributed by atoms with Gasteiger partial charge >= 0.3 is 0 Å². The van der Waals surface area contributed by atoms with Crippen LogP contribution < -0.4 is 0 Å². The van der Waals surface area contributed by atoms with E-state index in [0.717, 1.165) is 6.42 Å². The van der Waals surface area contributed by atoms with Crippen LogP contribution in [0.1, 0.15) is 24.5 Å². The summed E-state index contributed by atoms with van der Waals surface area (Å²) in [5.41, 5.74) is 5.69. The van der Waals surface area contributed by atoms with Gasteiger partial charge in [-0.1, -0.05) is 48.5 Å². The highest BCUT2D eigenvalue weighted by Crippen LogP contribution is 2.69. The van der Waals surface area contributed by atoms with Gasteiger partial charge in [0.25, 0.3) is 0 Å². The molecular formula is C17H16O. The Morgan fingerprint density at radius 1 is 0.889 bits per heavy atom. The maximum Gasteiger partial charge on any atom is 0.0801 e. The van der Waals surface area contributed by atoms with Gasteiger partial charge in [-0.3, -0.25) is 0 Å². The fourth-order valence-corrected chi connectivity index (χ4v) is 3.79. The van der Waals surface area contributed by atoms with Crippen molar-refractivity contribution >= 4 is 0 Å². The van der Waals surface area contributed by atoms with Crippen molar-refractivity contribution in [1.82, 2.24) is 0 Å². The van der Waals surface area contributed by atoms with Crippen LogP contribution >= 0.6 is 0 Å². The molecule has 90 valence electrons. The zero-order chi connectivity index (χ0) is 12.4. The molecule has 1 heteroatoms. The molecule has 0 unspecified atom stereocenters. The Hall–Kier alpha value is -1.60. The molecule has 0 aromatic heterocycles. The summed E-state index contributed by atoms with van der Waals surface area (Å²) < 4.78 is 5.80. The first-order valence-corrected chi connectivity index (χ1v) is 6.47. The van der Waals surface area contributed by atoms with Crippen LogP contribution in [-0.4, -0.2) is 12.7 Å². The molecule has 0 N–H and O–H groups in total. The second-order valence-corrected chi connectivity index (χ2v) is 5.61. The molecule has 1 saturated carbocycles. The number of hydrogen-bond acceptors (Lipinski definition) is 1. The van der Waals surface area contributed by atoms with Gasteiger partial charge in [0, 0.05) is 7.11 Å². The topological polar surface area (TPSA) is 9.23 Å². The molecule has 4 rings (SSSR count). The van der Waals surface area contributed by atoms with E-state index in [1.807, 2.05) is 7.11 Å². The molecule has 1 nitrogen and oxygen atoms in total. The second-order valence-electron chi connectivity index (χ2n) is 5.61. The molecule has 1 spiro atoms. The number of rotatable bonds is 1. The summed E-state index contributed by atoms with van der Waals surface area (Å²) in [7, 11) is 1.83. The lowest BCUT2D eigenvalue weighted by atomic mass is 9.90. The highest BCUT2D eigenvalue weighted by Gasteiger charge is 2.70. The minimum Gasteiger partial charge on any atom is -0.377 e. The lowest BCUT2D eigenvalue weighted by Gasteiger charge is -2.19. The standard InChI is InChI=1S/C17H16O/c1-16(18-2)11-17(16)14-9-5-3-7-12(14)13-8-4-6-10-15(13)17/h3-10H,11H2,1-2H3/t16-/m1/s1. The Morgan fingerprint density at radius 2 is 1.39 bits per heavy atom. The Bertz CT molecular complexity index is 598. The fraction of sp³-hybridized carbons (Fsp3) is 0.294. The number of hydrogen-bond donors (Lipinski definition) is 0. The van der Waals surface area contributed by atoms with Crippen molar-refractivity contribution in [3.63, 3.8) is 0 Å². The summed E-state index contributed by atoms with van der Waals surface area (Å²) in [5, 5.41) is 0. The molecule has 0 radical (unpaired) electrons. The summed E-state index contributed by atoms with van der Waals surface area (Å²) in [4.78, 5) is 0. The van der Waals surface area contributed by atoms with Gasteiger partial charge in [0.15, 0.2) is 0 Å². The maximum atomic E-state index is 5.80. The van der Waals surface area contributed by atoms with Crippen molar-refractivity contribution in [1.29, 1.82) is 0 Å². The van der Waals surface area contributed by atoms with Crippen LogP contribution in [0.3, 0.4) is 0 Å². The lowest BCUT2D eigenvalue weighted by Crippen LogP contribution is -2.22. The Morgan fingerprint density at radius 3 is 1.83 bits per heavy atom. The Labute approximate surface area is 107 Å². The third-order valence-electron chi connectivity index (χ3n) is 4.89. The van der Waals surface area contributed by atoms with Gasteiger partial charge in [-0.2, -0.15) is 0 Å². The quantitative estimate of drug-likeness (QED) is 0.732. The van der Waals surface area contributed by atoms with Gasteiger partial charge in [0.1, 0.15) is 0 Å². The minimum absolute atomic E-state index is 0.0459. The van der Waals surface area contributed by atoms with E-state index in [-0.39, 0.29) is 11.0 Å². The zero-order valence-electron chi connectivity index (χ0n) is 10.7. The normalized spacial score (nSPS) is 25.9. The molecule has 1 fully saturated rings. The van der Waals surface area contributed by atoms with Crippen LogP contribution in [0, 0.1) is 0 Å². The Balaban J connectivity index is 2.07. The summed E-state index contributed by atoms with van der Waals surface area (Å²) in [5.74, 6) is 0. The van der Waals surface area contributed by atoms with Crippen molar-refractivity contribution in [2.45, 2.75) is 24.4 Å². The van der Waals surface area contributed by atoms with Crippen molar-refractivity contribution in [3.05, 3.63) is 59.7 Å². The predicted octanol–water partition coefficient (Wildman–Crippen LogP) is 3.76. The largest absolute Gasteiger partial charge is 0.377 e. The van der Waals surface area contributed by atoms with Gasteiger partial charge < -0.3 is 4.74 Å². The molecular weight excluding hydrogens is 220 g/mol. The molecule has 2 aliphatic carbocycles. The third-order valence-corrected chi connectivity index (χ3v) is 4.89. The van der Waals surface area contributed by atoms with Crippen molar-refractivity contribution in [2.24, 2.45) is 0 Å². The van der Waals surface area contributed by atoms with E-state index in [9.17, 15) is 0 Å².